The third-order valence-corrected chi connectivity index (χ3v) is 7.86. The molecule has 0 radical (unpaired) electrons. The molecular weight excluding hydrogens is 436 g/mol. The van der Waals surface area contributed by atoms with Crippen LogP contribution in [0.4, 0.5) is 9.93 Å². The van der Waals surface area contributed by atoms with Crippen LogP contribution in [0.3, 0.4) is 0 Å². The molecule has 0 aromatic carbocycles. The minimum absolute atomic E-state index is 0.0585. The number of unbranched alkanes of at least 4 members (excludes halogenated alkanes) is 1. The molecule has 186 valence electrons. The Morgan fingerprint density at radius 1 is 1.30 bits per heavy atom. The van der Waals surface area contributed by atoms with Gasteiger partial charge in [-0.1, -0.05) is 19.8 Å². The standard InChI is InChI=1S/C24H42N6O2S/c1-3-4-13-30(24(32)27-10-14-29-11-6-5-7-12-29)22(31)19(17-26-2)15-18-8-9-21-20(16-18)28-23(25)33-21/h18-19,26H,3-17H2,1-2H3,(H2,25,28)(H,27,32). The third kappa shape index (κ3) is 7.65. The molecule has 9 heteroatoms. The molecule has 1 fully saturated rings. The summed E-state index contributed by atoms with van der Waals surface area (Å²) in [5.74, 6) is 0.107. The second kappa shape index (κ2) is 13.2. The Labute approximate surface area is 202 Å². The molecule has 1 saturated heterocycles. The van der Waals surface area contributed by atoms with Gasteiger partial charge in [0, 0.05) is 31.1 Å². The van der Waals surface area contributed by atoms with E-state index in [4.69, 9.17) is 5.73 Å². The molecule has 1 aromatic heterocycles. The number of imide groups is 1. The lowest BCUT2D eigenvalue weighted by Gasteiger charge is -2.30. The number of hydrogen-bond acceptors (Lipinski definition) is 7. The van der Waals surface area contributed by atoms with Crippen LogP contribution in [0.15, 0.2) is 0 Å². The number of anilines is 1. The van der Waals surface area contributed by atoms with Crippen molar-refractivity contribution in [3.63, 3.8) is 0 Å². The van der Waals surface area contributed by atoms with Gasteiger partial charge in [-0.25, -0.2) is 9.78 Å². The van der Waals surface area contributed by atoms with E-state index in [0.29, 0.717) is 30.7 Å². The topological polar surface area (TPSA) is 104 Å². The first-order valence-electron chi connectivity index (χ1n) is 12.7. The van der Waals surface area contributed by atoms with Gasteiger partial charge in [0.15, 0.2) is 5.13 Å². The summed E-state index contributed by atoms with van der Waals surface area (Å²) in [4.78, 5) is 36.2. The van der Waals surface area contributed by atoms with E-state index >= 15 is 0 Å². The van der Waals surface area contributed by atoms with E-state index in [1.165, 1.54) is 29.0 Å². The highest BCUT2D eigenvalue weighted by molar-refractivity contribution is 7.15. The molecule has 1 aliphatic carbocycles. The summed E-state index contributed by atoms with van der Waals surface area (Å²) in [5, 5.41) is 6.83. The highest BCUT2D eigenvalue weighted by atomic mass is 32.1. The van der Waals surface area contributed by atoms with Crippen LogP contribution in [0.2, 0.25) is 0 Å². The van der Waals surface area contributed by atoms with E-state index in [0.717, 1.165) is 63.9 Å². The number of amides is 3. The smallest absolute Gasteiger partial charge is 0.324 e. The molecule has 0 spiro atoms. The second-order valence-electron chi connectivity index (χ2n) is 9.50. The summed E-state index contributed by atoms with van der Waals surface area (Å²) < 4.78 is 0. The van der Waals surface area contributed by atoms with Gasteiger partial charge in [-0.2, -0.15) is 0 Å². The average molecular weight is 479 g/mol. The predicted molar refractivity (Wildman–Crippen MR) is 134 cm³/mol. The van der Waals surface area contributed by atoms with Crippen molar-refractivity contribution >= 4 is 28.4 Å². The minimum Gasteiger partial charge on any atom is -0.375 e. The van der Waals surface area contributed by atoms with Crippen molar-refractivity contribution in [2.75, 3.05) is 52.0 Å². The summed E-state index contributed by atoms with van der Waals surface area (Å²) in [5.41, 5.74) is 7.00. The molecule has 2 aliphatic rings. The molecule has 3 rings (SSSR count). The van der Waals surface area contributed by atoms with Crippen LogP contribution in [0.25, 0.3) is 0 Å². The summed E-state index contributed by atoms with van der Waals surface area (Å²) in [6.07, 6.45) is 9.18. The number of carbonyl (C=O) groups is 2. The highest BCUT2D eigenvalue weighted by Gasteiger charge is 2.32. The number of aromatic nitrogens is 1. The number of piperidine rings is 1. The number of rotatable bonds is 11. The number of nitrogens with zero attached hydrogens (tertiary/aromatic N) is 3. The molecule has 3 amide bonds. The van der Waals surface area contributed by atoms with E-state index in [-0.39, 0.29) is 17.9 Å². The van der Waals surface area contributed by atoms with Crippen molar-refractivity contribution in [1.29, 1.82) is 0 Å². The number of hydrogen-bond donors (Lipinski definition) is 3. The number of nitrogens with two attached hydrogens (primary N) is 1. The quantitative estimate of drug-likeness (QED) is 0.452. The molecule has 1 aliphatic heterocycles. The maximum atomic E-state index is 13.5. The van der Waals surface area contributed by atoms with Gasteiger partial charge in [0.2, 0.25) is 5.91 Å². The van der Waals surface area contributed by atoms with E-state index in [1.807, 2.05) is 7.05 Å². The number of urea groups is 1. The van der Waals surface area contributed by atoms with Crippen molar-refractivity contribution in [2.45, 2.75) is 64.7 Å². The second-order valence-corrected chi connectivity index (χ2v) is 10.6. The van der Waals surface area contributed by atoms with Crippen LogP contribution < -0.4 is 16.4 Å². The Balaban J connectivity index is 1.58. The van der Waals surface area contributed by atoms with Gasteiger partial charge in [0.1, 0.15) is 0 Å². The molecule has 0 saturated carbocycles. The van der Waals surface area contributed by atoms with Gasteiger partial charge < -0.3 is 21.3 Å². The summed E-state index contributed by atoms with van der Waals surface area (Å²) in [6, 6.07) is -0.246. The molecule has 4 N–H and O–H groups in total. The van der Waals surface area contributed by atoms with Crippen LogP contribution in [0.1, 0.15) is 62.4 Å². The molecule has 0 bridgehead atoms. The van der Waals surface area contributed by atoms with Crippen molar-refractivity contribution in [1.82, 2.24) is 25.4 Å². The van der Waals surface area contributed by atoms with Gasteiger partial charge in [0.05, 0.1) is 11.6 Å². The van der Waals surface area contributed by atoms with Crippen molar-refractivity contribution < 1.29 is 9.59 Å². The predicted octanol–water partition coefficient (Wildman–Crippen LogP) is 2.88. The third-order valence-electron chi connectivity index (χ3n) is 6.87. The van der Waals surface area contributed by atoms with Gasteiger partial charge in [-0.15, -0.1) is 11.3 Å². The van der Waals surface area contributed by atoms with Gasteiger partial charge >= 0.3 is 6.03 Å². The Hall–Kier alpha value is -1.71. The van der Waals surface area contributed by atoms with Gasteiger partial charge in [-0.05, 0) is 71.0 Å². The maximum absolute atomic E-state index is 13.5. The van der Waals surface area contributed by atoms with Crippen LogP contribution in [-0.4, -0.2) is 73.0 Å². The van der Waals surface area contributed by atoms with Gasteiger partial charge in [-0.3, -0.25) is 9.69 Å². The van der Waals surface area contributed by atoms with Crippen LogP contribution >= 0.6 is 11.3 Å². The zero-order valence-electron chi connectivity index (χ0n) is 20.4. The Morgan fingerprint density at radius 2 is 2.09 bits per heavy atom. The number of nitrogens with one attached hydrogen (secondary N) is 2. The Bertz CT molecular complexity index is 764. The van der Waals surface area contributed by atoms with E-state index in [2.05, 4.69) is 27.4 Å². The Morgan fingerprint density at radius 3 is 2.82 bits per heavy atom. The molecule has 2 heterocycles. The molecule has 8 nitrogen and oxygen atoms in total. The van der Waals surface area contributed by atoms with Gasteiger partial charge in [0.25, 0.3) is 0 Å². The van der Waals surface area contributed by atoms with E-state index in [1.54, 1.807) is 11.3 Å². The first-order valence-corrected chi connectivity index (χ1v) is 13.5. The fourth-order valence-corrected chi connectivity index (χ4v) is 5.91. The minimum atomic E-state index is -0.246. The van der Waals surface area contributed by atoms with Crippen molar-refractivity contribution in [3.05, 3.63) is 10.6 Å². The number of carbonyl (C=O) groups excluding carboxylic acids is 2. The lowest BCUT2D eigenvalue weighted by molar-refractivity contribution is -0.133. The maximum Gasteiger partial charge on any atom is 0.324 e. The average Bonchev–Trinajstić information content (AvgIpc) is 3.19. The van der Waals surface area contributed by atoms with Crippen molar-refractivity contribution in [3.8, 4) is 0 Å². The first-order chi connectivity index (χ1) is 16.0. The summed E-state index contributed by atoms with van der Waals surface area (Å²) in [6.45, 7) is 6.78. The number of thiazole rings is 1. The molecule has 33 heavy (non-hydrogen) atoms. The number of likely N-dealkylation sites (tertiary alicyclic amines) is 1. The largest absolute Gasteiger partial charge is 0.375 e. The van der Waals surface area contributed by atoms with Crippen LogP contribution in [-0.2, 0) is 17.6 Å². The highest BCUT2D eigenvalue weighted by Crippen LogP contribution is 2.34. The first kappa shape index (κ1) is 25.9. The number of nitrogen functional groups attached to an aromatic ring is 1. The Kier molecular flexibility index (Phi) is 10.4. The molecule has 2 unspecified atom stereocenters. The number of fused-ring (bicyclic) bond motifs is 1. The zero-order chi connectivity index (χ0) is 23.6. The van der Waals surface area contributed by atoms with E-state index in [9.17, 15) is 9.59 Å². The van der Waals surface area contributed by atoms with Crippen LogP contribution in [0, 0.1) is 11.8 Å². The monoisotopic (exact) mass is 478 g/mol. The fraction of sp³-hybridized carbons (Fsp3) is 0.792. The molecule has 1 aromatic rings. The van der Waals surface area contributed by atoms with Crippen LogP contribution in [0.5, 0.6) is 0 Å². The lowest BCUT2D eigenvalue weighted by Crippen LogP contribution is -2.50. The lowest BCUT2D eigenvalue weighted by atomic mass is 9.83. The SMILES string of the molecule is CCCCN(C(=O)NCCN1CCCCC1)C(=O)C(CNC)CC1CCc2sc(N)nc2C1. The van der Waals surface area contributed by atoms with E-state index < -0.39 is 0 Å². The fourth-order valence-electron chi connectivity index (χ4n) is 5.04. The molecular formula is C24H42N6O2S. The molecule has 2 atom stereocenters. The van der Waals surface area contributed by atoms with Crippen molar-refractivity contribution in [2.24, 2.45) is 11.8 Å². The summed E-state index contributed by atoms with van der Waals surface area (Å²) in [7, 11) is 1.87. The zero-order valence-corrected chi connectivity index (χ0v) is 21.2. The normalized spacial score (nSPS) is 19.6. The number of aryl methyl sites for hydroxylation is 1. The summed E-state index contributed by atoms with van der Waals surface area (Å²) >= 11 is 1.59.